The molecule has 0 spiro atoms. The van der Waals surface area contributed by atoms with Crippen molar-refractivity contribution in [1.29, 1.82) is 0 Å². The predicted octanol–water partition coefficient (Wildman–Crippen LogP) is 1.46. The zero-order valence-corrected chi connectivity index (χ0v) is 14.2. The maximum Gasteiger partial charge on any atom is 0.326 e. The lowest BCUT2D eigenvalue weighted by Gasteiger charge is -2.30. The number of rotatable bonds is 6. The Kier molecular flexibility index (Phi) is 5.95. The van der Waals surface area contributed by atoms with E-state index in [1.165, 1.54) is 7.11 Å². The molecule has 1 aromatic carbocycles. The van der Waals surface area contributed by atoms with Gasteiger partial charge in [-0.25, -0.2) is 8.42 Å². The minimum atomic E-state index is -4.01. The third-order valence-corrected chi connectivity index (χ3v) is 6.19. The van der Waals surface area contributed by atoms with Crippen LogP contribution in [0.4, 0.5) is 0 Å². The molecule has 0 aliphatic heterocycles. The summed E-state index contributed by atoms with van der Waals surface area (Å²) in [7, 11) is -2.79. The number of aliphatic carboxylic acids is 1. The Morgan fingerprint density at radius 3 is 2.42 bits per heavy atom. The van der Waals surface area contributed by atoms with E-state index in [1.807, 2.05) is 0 Å². The second kappa shape index (κ2) is 7.76. The van der Waals surface area contributed by atoms with Gasteiger partial charge in [0.15, 0.2) is 0 Å². The lowest BCUT2D eigenvalue weighted by atomic mass is 9.89. The Bertz CT molecular complexity index is 688. The van der Waals surface area contributed by atoms with Crippen LogP contribution in [0.2, 0.25) is 0 Å². The summed E-state index contributed by atoms with van der Waals surface area (Å²) < 4.78 is 32.4. The van der Waals surface area contributed by atoms with Gasteiger partial charge in [-0.05, 0) is 18.4 Å². The Labute approximate surface area is 141 Å². The number of sulfonamides is 1. The smallest absolute Gasteiger partial charge is 0.326 e. The van der Waals surface area contributed by atoms with Gasteiger partial charge in [0.05, 0.1) is 18.3 Å². The maximum atomic E-state index is 12.7. The van der Waals surface area contributed by atoms with E-state index < -0.39 is 39.2 Å². The first kappa shape index (κ1) is 18.4. The predicted molar refractivity (Wildman–Crippen MR) is 86.6 cm³/mol. The molecule has 1 aliphatic carbocycles. The van der Waals surface area contributed by atoms with Crippen molar-refractivity contribution in [2.45, 2.75) is 37.0 Å². The van der Waals surface area contributed by atoms with Crippen LogP contribution in [0, 0.1) is 5.92 Å². The first-order chi connectivity index (χ1) is 11.4. The molecule has 2 N–H and O–H groups in total. The number of hydrogen-bond acceptors (Lipinski definition) is 5. The van der Waals surface area contributed by atoms with E-state index in [2.05, 4.69) is 4.72 Å². The number of methoxy groups -OCH3 is 1. The fraction of sp³-hybridized carbons (Fsp3) is 0.500. The molecular weight excluding hydrogens is 334 g/mol. The van der Waals surface area contributed by atoms with Gasteiger partial charge >= 0.3 is 11.9 Å². The number of ether oxygens (including phenoxy) is 1. The molecule has 2 unspecified atom stereocenters. The Balaban J connectivity index is 2.27. The van der Waals surface area contributed by atoms with Crippen LogP contribution in [0.1, 0.15) is 37.3 Å². The van der Waals surface area contributed by atoms with Crippen molar-refractivity contribution in [3.63, 3.8) is 0 Å². The minimum absolute atomic E-state index is 0.302. The molecule has 3 atom stereocenters. The molecule has 0 aromatic heterocycles. The molecule has 1 fully saturated rings. The van der Waals surface area contributed by atoms with E-state index >= 15 is 0 Å². The highest BCUT2D eigenvalue weighted by atomic mass is 32.2. The highest BCUT2D eigenvalue weighted by Crippen LogP contribution is 2.31. The molecule has 0 radical (unpaired) electrons. The third kappa shape index (κ3) is 4.12. The van der Waals surface area contributed by atoms with E-state index in [0.29, 0.717) is 24.8 Å². The summed E-state index contributed by atoms with van der Waals surface area (Å²) in [5.74, 6) is -2.64. The summed E-state index contributed by atoms with van der Waals surface area (Å²) in [5, 5.41) is 8.41. The van der Waals surface area contributed by atoms with Crippen LogP contribution in [-0.2, 0) is 24.3 Å². The number of carbonyl (C=O) groups is 2. The number of carboxylic acids is 1. The maximum absolute atomic E-state index is 12.7. The van der Waals surface area contributed by atoms with Crippen molar-refractivity contribution in [3.05, 3.63) is 35.9 Å². The van der Waals surface area contributed by atoms with E-state index in [0.717, 1.165) is 6.42 Å². The van der Waals surface area contributed by atoms with Crippen LogP contribution in [0.3, 0.4) is 0 Å². The molecule has 1 aliphatic rings. The molecular formula is C16H21NO6S. The van der Waals surface area contributed by atoms with Gasteiger partial charge in [-0.3, -0.25) is 9.59 Å². The largest absolute Gasteiger partial charge is 0.480 e. The topological polar surface area (TPSA) is 110 Å². The number of carboxylic acid groups (broad SMARTS) is 1. The summed E-state index contributed by atoms with van der Waals surface area (Å²) in [6.07, 6.45) is 2.13. The average Bonchev–Trinajstić information content (AvgIpc) is 2.59. The lowest BCUT2D eigenvalue weighted by Crippen LogP contribution is -2.46. The van der Waals surface area contributed by atoms with Gasteiger partial charge in [0, 0.05) is 0 Å². The number of carbonyl (C=O) groups excluding carboxylic acids is 1. The van der Waals surface area contributed by atoms with Crippen molar-refractivity contribution < 1.29 is 27.9 Å². The van der Waals surface area contributed by atoms with Gasteiger partial charge in [-0.15, -0.1) is 0 Å². The first-order valence-electron chi connectivity index (χ1n) is 7.73. The Morgan fingerprint density at radius 1 is 1.21 bits per heavy atom. The normalized spacial score (nSPS) is 22.5. The van der Waals surface area contributed by atoms with E-state index in [1.54, 1.807) is 30.3 Å². The standard InChI is InChI=1S/C16H21NO6S/c1-23-16(20)12-9-5-6-10-13(12)24(21,22)17-14(15(18)19)11-7-3-2-4-8-11/h2-4,7-8,12-14,17H,5-6,9-10H2,1H3,(H,18,19)/t12?,13?,14-/m1/s1. The molecule has 1 saturated carbocycles. The van der Waals surface area contributed by atoms with Gasteiger partial charge in [0.2, 0.25) is 10.0 Å². The summed E-state index contributed by atoms with van der Waals surface area (Å²) in [6, 6.07) is 6.68. The number of benzene rings is 1. The van der Waals surface area contributed by atoms with Gasteiger partial charge in [0.1, 0.15) is 6.04 Å². The van der Waals surface area contributed by atoms with Crippen molar-refractivity contribution in [1.82, 2.24) is 4.72 Å². The molecule has 0 heterocycles. The zero-order chi connectivity index (χ0) is 17.7. The molecule has 2 rings (SSSR count). The van der Waals surface area contributed by atoms with Gasteiger partial charge in [0.25, 0.3) is 0 Å². The van der Waals surface area contributed by atoms with Crippen LogP contribution in [0.25, 0.3) is 0 Å². The molecule has 0 saturated heterocycles. The van der Waals surface area contributed by atoms with Crippen LogP contribution in [0.15, 0.2) is 30.3 Å². The summed E-state index contributed by atoms with van der Waals surface area (Å²) in [4.78, 5) is 23.4. The first-order valence-corrected chi connectivity index (χ1v) is 9.28. The van der Waals surface area contributed by atoms with E-state index in [4.69, 9.17) is 4.74 Å². The van der Waals surface area contributed by atoms with Crippen molar-refractivity contribution in [3.8, 4) is 0 Å². The van der Waals surface area contributed by atoms with Crippen LogP contribution in [0.5, 0.6) is 0 Å². The van der Waals surface area contributed by atoms with Crippen LogP contribution < -0.4 is 4.72 Å². The Morgan fingerprint density at radius 2 is 1.83 bits per heavy atom. The highest BCUT2D eigenvalue weighted by molar-refractivity contribution is 7.90. The minimum Gasteiger partial charge on any atom is -0.480 e. The molecule has 1 aromatic rings. The number of esters is 1. The molecule has 132 valence electrons. The van der Waals surface area contributed by atoms with E-state index in [-0.39, 0.29) is 0 Å². The highest BCUT2D eigenvalue weighted by Gasteiger charge is 2.42. The lowest BCUT2D eigenvalue weighted by molar-refractivity contribution is -0.146. The molecule has 24 heavy (non-hydrogen) atoms. The number of nitrogens with one attached hydrogen (secondary N) is 1. The molecule has 0 amide bonds. The average molecular weight is 355 g/mol. The van der Waals surface area contributed by atoms with Gasteiger partial charge in [-0.2, -0.15) is 4.72 Å². The summed E-state index contributed by atoms with van der Waals surface area (Å²) >= 11 is 0. The number of hydrogen-bond donors (Lipinski definition) is 2. The SMILES string of the molecule is COC(=O)C1CCCCC1S(=O)(=O)N[C@@H](C(=O)O)c1ccccc1. The quantitative estimate of drug-likeness (QED) is 0.748. The van der Waals surface area contributed by atoms with E-state index in [9.17, 15) is 23.1 Å². The summed E-state index contributed by atoms with van der Waals surface area (Å²) in [6.45, 7) is 0. The molecule has 8 heteroatoms. The van der Waals surface area contributed by atoms with Crippen LogP contribution >= 0.6 is 0 Å². The third-order valence-electron chi connectivity index (χ3n) is 4.27. The van der Waals surface area contributed by atoms with Gasteiger partial charge in [-0.1, -0.05) is 43.2 Å². The Hall–Kier alpha value is -1.93. The van der Waals surface area contributed by atoms with Crippen molar-refractivity contribution in [2.75, 3.05) is 7.11 Å². The monoisotopic (exact) mass is 355 g/mol. The summed E-state index contributed by atoms with van der Waals surface area (Å²) in [5.41, 5.74) is 0.332. The molecule has 7 nitrogen and oxygen atoms in total. The fourth-order valence-electron chi connectivity index (χ4n) is 3.05. The van der Waals surface area contributed by atoms with Gasteiger partial charge < -0.3 is 9.84 Å². The zero-order valence-electron chi connectivity index (χ0n) is 13.3. The van der Waals surface area contributed by atoms with Crippen molar-refractivity contribution >= 4 is 22.0 Å². The second-order valence-corrected chi connectivity index (χ2v) is 7.73. The fourth-order valence-corrected chi connectivity index (χ4v) is 4.94. The molecule has 0 bridgehead atoms. The van der Waals surface area contributed by atoms with Crippen molar-refractivity contribution in [2.24, 2.45) is 5.92 Å². The van der Waals surface area contributed by atoms with Crippen LogP contribution in [-0.4, -0.2) is 37.8 Å². The second-order valence-electron chi connectivity index (χ2n) is 5.80.